The van der Waals surface area contributed by atoms with Crippen molar-refractivity contribution in [3.63, 3.8) is 0 Å². The van der Waals surface area contributed by atoms with E-state index >= 15 is 0 Å². The smallest absolute Gasteiger partial charge is 0.138 e. The molecule has 16 heavy (non-hydrogen) atoms. The maximum Gasteiger partial charge on any atom is 0.138 e. The van der Waals surface area contributed by atoms with E-state index in [1.54, 1.807) is 14.0 Å². The van der Waals surface area contributed by atoms with Gasteiger partial charge in [0.25, 0.3) is 0 Å². The highest BCUT2D eigenvalue weighted by molar-refractivity contribution is 4.93. The molecule has 92 valence electrons. The fourth-order valence-corrected chi connectivity index (χ4v) is 1.63. The summed E-state index contributed by atoms with van der Waals surface area (Å²) < 4.78 is 6.81. The SMILES string of the molecule is COCC(C)(O)Cc1ncnn1CC(C)C. The second-order valence-electron chi connectivity index (χ2n) is 4.86. The van der Waals surface area contributed by atoms with Crippen molar-refractivity contribution in [1.82, 2.24) is 14.8 Å². The maximum atomic E-state index is 10.0. The Labute approximate surface area is 96.5 Å². The first-order valence-corrected chi connectivity index (χ1v) is 5.52. The molecule has 1 aromatic heterocycles. The molecule has 1 atom stereocenters. The highest BCUT2D eigenvalue weighted by Crippen LogP contribution is 2.12. The Morgan fingerprint density at radius 2 is 2.25 bits per heavy atom. The topological polar surface area (TPSA) is 60.2 Å². The fourth-order valence-electron chi connectivity index (χ4n) is 1.63. The van der Waals surface area contributed by atoms with E-state index in [1.807, 2.05) is 4.68 Å². The minimum Gasteiger partial charge on any atom is -0.387 e. The zero-order valence-electron chi connectivity index (χ0n) is 10.5. The van der Waals surface area contributed by atoms with Gasteiger partial charge in [0.2, 0.25) is 0 Å². The molecule has 0 aliphatic heterocycles. The minimum atomic E-state index is -0.892. The molecule has 0 saturated carbocycles. The van der Waals surface area contributed by atoms with Crippen LogP contribution in [0, 0.1) is 5.92 Å². The summed E-state index contributed by atoms with van der Waals surface area (Å²) in [5.41, 5.74) is -0.892. The normalized spacial score (nSPS) is 15.4. The lowest BCUT2D eigenvalue weighted by atomic mass is 10.0. The Balaban J connectivity index is 2.69. The van der Waals surface area contributed by atoms with Gasteiger partial charge in [-0.2, -0.15) is 5.10 Å². The van der Waals surface area contributed by atoms with E-state index in [-0.39, 0.29) is 0 Å². The van der Waals surface area contributed by atoms with Crippen molar-refractivity contribution < 1.29 is 9.84 Å². The lowest BCUT2D eigenvalue weighted by molar-refractivity contribution is -0.0181. The average Bonchev–Trinajstić information content (AvgIpc) is 2.50. The van der Waals surface area contributed by atoms with Crippen LogP contribution in [0.2, 0.25) is 0 Å². The summed E-state index contributed by atoms with van der Waals surface area (Å²) in [6.45, 7) is 7.10. The molecule has 0 spiro atoms. The zero-order chi connectivity index (χ0) is 12.2. The van der Waals surface area contributed by atoms with Gasteiger partial charge < -0.3 is 9.84 Å². The van der Waals surface area contributed by atoms with Crippen molar-refractivity contribution in [1.29, 1.82) is 0 Å². The van der Waals surface area contributed by atoms with Crippen molar-refractivity contribution in [3.8, 4) is 0 Å². The van der Waals surface area contributed by atoms with Crippen LogP contribution >= 0.6 is 0 Å². The van der Waals surface area contributed by atoms with Crippen LogP contribution in [0.5, 0.6) is 0 Å². The largest absolute Gasteiger partial charge is 0.387 e. The van der Waals surface area contributed by atoms with E-state index in [4.69, 9.17) is 4.74 Å². The van der Waals surface area contributed by atoms with Gasteiger partial charge >= 0.3 is 0 Å². The molecule has 0 radical (unpaired) electrons. The Morgan fingerprint density at radius 1 is 1.56 bits per heavy atom. The molecule has 5 heteroatoms. The third-order valence-electron chi connectivity index (χ3n) is 2.23. The number of rotatable bonds is 6. The van der Waals surface area contributed by atoms with Crippen LogP contribution in [0.1, 0.15) is 26.6 Å². The summed E-state index contributed by atoms with van der Waals surface area (Å²) >= 11 is 0. The van der Waals surface area contributed by atoms with Crippen LogP contribution in [0.3, 0.4) is 0 Å². The second-order valence-corrected chi connectivity index (χ2v) is 4.86. The van der Waals surface area contributed by atoms with Gasteiger partial charge in [0.05, 0.1) is 12.2 Å². The number of methoxy groups -OCH3 is 1. The average molecular weight is 227 g/mol. The van der Waals surface area contributed by atoms with Crippen molar-refractivity contribution in [3.05, 3.63) is 12.2 Å². The summed E-state index contributed by atoms with van der Waals surface area (Å²) in [5.74, 6) is 1.31. The van der Waals surface area contributed by atoms with E-state index in [9.17, 15) is 5.11 Å². The van der Waals surface area contributed by atoms with Crippen LogP contribution in [0.25, 0.3) is 0 Å². The first-order chi connectivity index (χ1) is 7.44. The summed E-state index contributed by atoms with van der Waals surface area (Å²) in [6.07, 6.45) is 1.98. The molecule has 0 aliphatic rings. The molecule has 5 nitrogen and oxygen atoms in total. The number of hydrogen-bond acceptors (Lipinski definition) is 4. The summed E-state index contributed by atoms with van der Waals surface area (Å²) in [6, 6.07) is 0. The van der Waals surface area contributed by atoms with Crippen LogP contribution in [-0.2, 0) is 17.7 Å². The first-order valence-electron chi connectivity index (χ1n) is 5.52. The lowest BCUT2D eigenvalue weighted by Gasteiger charge is -2.22. The van der Waals surface area contributed by atoms with Gasteiger partial charge in [-0.15, -0.1) is 0 Å². The fraction of sp³-hybridized carbons (Fsp3) is 0.818. The van der Waals surface area contributed by atoms with Crippen molar-refractivity contribution >= 4 is 0 Å². The quantitative estimate of drug-likeness (QED) is 0.783. The highest BCUT2D eigenvalue weighted by atomic mass is 16.5. The van der Waals surface area contributed by atoms with E-state index in [0.29, 0.717) is 18.9 Å². The number of aliphatic hydroxyl groups is 1. The third-order valence-corrected chi connectivity index (χ3v) is 2.23. The minimum absolute atomic E-state index is 0.293. The van der Waals surface area contributed by atoms with Crippen LogP contribution in [0.4, 0.5) is 0 Å². The van der Waals surface area contributed by atoms with Gasteiger partial charge in [0.1, 0.15) is 12.2 Å². The van der Waals surface area contributed by atoms with E-state index in [0.717, 1.165) is 12.4 Å². The number of ether oxygens (including phenoxy) is 1. The number of aromatic nitrogens is 3. The predicted octanol–water partition coefficient (Wildman–Crippen LogP) is 0.874. The molecule has 0 fully saturated rings. The van der Waals surface area contributed by atoms with Gasteiger partial charge in [0.15, 0.2) is 0 Å². The van der Waals surface area contributed by atoms with E-state index < -0.39 is 5.60 Å². The number of hydrogen-bond donors (Lipinski definition) is 1. The molecular formula is C11H21N3O2. The first kappa shape index (κ1) is 13.1. The molecule has 1 aromatic rings. The molecule has 1 unspecified atom stereocenters. The van der Waals surface area contributed by atoms with Crippen LogP contribution in [-0.4, -0.2) is 39.2 Å². The lowest BCUT2D eigenvalue weighted by Crippen LogP contribution is -2.34. The Kier molecular flexibility index (Phi) is 4.44. The standard InChI is InChI=1S/C11H21N3O2/c1-9(2)6-14-10(12-8-13-14)5-11(3,15)7-16-4/h8-9,15H,5-7H2,1-4H3. The molecule has 1 rings (SSSR count). The Hall–Kier alpha value is -0.940. The second kappa shape index (κ2) is 5.41. The van der Waals surface area contributed by atoms with Crippen molar-refractivity contribution in [2.24, 2.45) is 5.92 Å². The summed E-state index contributed by atoms with van der Waals surface area (Å²) in [7, 11) is 1.58. The van der Waals surface area contributed by atoms with E-state index in [1.165, 1.54) is 6.33 Å². The third kappa shape index (κ3) is 3.90. The number of nitrogens with zero attached hydrogens (tertiary/aromatic N) is 3. The zero-order valence-corrected chi connectivity index (χ0v) is 10.5. The van der Waals surface area contributed by atoms with Gasteiger partial charge in [-0.25, -0.2) is 9.67 Å². The molecule has 0 bridgehead atoms. The van der Waals surface area contributed by atoms with Crippen LogP contribution < -0.4 is 0 Å². The van der Waals surface area contributed by atoms with Gasteiger partial charge in [0, 0.05) is 20.1 Å². The van der Waals surface area contributed by atoms with Crippen molar-refractivity contribution in [2.45, 2.75) is 39.3 Å². The van der Waals surface area contributed by atoms with Crippen LogP contribution in [0.15, 0.2) is 6.33 Å². The molecule has 1 heterocycles. The molecule has 0 aliphatic carbocycles. The Bertz CT molecular complexity index is 321. The maximum absolute atomic E-state index is 10.0. The molecule has 0 aromatic carbocycles. The van der Waals surface area contributed by atoms with E-state index in [2.05, 4.69) is 23.9 Å². The summed E-state index contributed by atoms with van der Waals surface area (Å²) in [5, 5.41) is 14.2. The molecule has 0 saturated heterocycles. The molecule has 0 amide bonds. The van der Waals surface area contributed by atoms with Gasteiger partial charge in [-0.05, 0) is 12.8 Å². The highest BCUT2D eigenvalue weighted by Gasteiger charge is 2.23. The van der Waals surface area contributed by atoms with Gasteiger partial charge in [-0.3, -0.25) is 0 Å². The summed E-state index contributed by atoms with van der Waals surface area (Å²) in [4.78, 5) is 4.17. The van der Waals surface area contributed by atoms with Gasteiger partial charge in [-0.1, -0.05) is 13.8 Å². The Morgan fingerprint density at radius 3 is 2.81 bits per heavy atom. The molecule has 1 N–H and O–H groups in total. The predicted molar refractivity (Wildman–Crippen MR) is 61.1 cm³/mol. The monoisotopic (exact) mass is 227 g/mol. The molecular weight excluding hydrogens is 206 g/mol. The van der Waals surface area contributed by atoms with Crippen molar-refractivity contribution in [2.75, 3.05) is 13.7 Å².